The molecule has 146 valence electrons. The van der Waals surface area contributed by atoms with Gasteiger partial charge in [-0.1, -0.05) is 24.3 Å². The van der Waals surface area contributed by atoms with E-state index in [2.05, 4.69) is 25.9 Å². The number of halogens is 2. The Morgan fingerprint density at radius 2 is 1.85 bits per heavy atom. The van der Waals surface area contributed by atoms with E-state index < -0.39 is 0 Å². The molecule has 3 N–H and O–H groups in total. The lowest BCUT2D eigenvalue weighted by Gasteiger charge is -2.12. The molecule has 2 aromatic rings. The quantitative estimate of drug-likeness (QED) is 0.320. The molecule has 6 nitrogen and oxygen atoms in total. The first-order valence-corrected chi connectivity index (χ1v) is 8.50. The topological polar surface area (TPSA) is 78.4 Å². The number of aryl methyl sites for hydroxylation is 1. The van der Waals surface area contributed by atoms with Gasteiger partial charge in [0.15, 0.2) is 5.96 Å². The Labute approximate surface area is 176 Å². The molecular formula is C19H25FIN5O. The number of rotatable bonds is 7. The van der Waals surface area contributed by atoms with Crippen molar-refractivity contribution >= 4 is 41.7 Å². The van der Waals surface area contributed by atoms with Crippen molar-refractivity contribution in [3.8, 4) is 0 Å². The summed E-state index contributed by atoms with van der Waals surface area (Å²) in [6.07, 6.45) is 0.830. The third-order valence-electron chi connectivity index (χ3n) is 3.67. The minimum atomic E-state index is -0.210. The number of aliphatic imine (C=N–C) groups is 1. The van der Waals surface area contributed by atoms with Crippen LogP contribution in [0.3, 0.4) is 0 Å². The zero-order valence-electron chi connectivity index (χ0n) is 15.5. The Morgan fingerprint density at radius 1 is 1.11 bits per heavy atom. The first kappa shape index (κ1) is 22.8. The highest BCUT2D eigenvalue weighted by Crippen LogP contribution is 2.06. The minimum Gasteiger partial charge on any atom is -0.356 e. The number of anilines is 1. The van der Waals surface area contributed by atoms with Crippen LogP contribution in [0.5, 0.6) is 0 Å². The van der Waals surface area contributed by atoms with Crippen molar-refractivity contribution in [3.63, 3.8) is 0 Å². The van der Waals surface area contributed by atoms with Crippen molar-refractivity contribution in [2.75, 3.05) is 25.5 Å². The SMILES string of the molecule is CN=C(NCCC(=O)Nc1cccc(C)n1)NCCc1ccccc1F.I. The number of hydrogen-bond donors (Lipinski definition) is 3. The highest BCUT2D eigenvalue weighted by molar-refractivity contribution is 14.0. The fourth-order valence-electron chi connectivity index (χ4n) is 2.35. The number of nitrogens with zero attached hydrogens (tertiary/aromatic N) is 2. The van der Waals surface area contributed by atoms with Crippen LogP contribution < -0.4 is 16.0 Å². The number of hydrogen-bond acceptors (Lipinski definition) is 3. The summed E-state index contributed by atoms with van der Waals surface area (Å²) >= 11 is 0. The number of aromatic nitrogens is 1. The van der Waals surface area contributed by atoms with Gasteiger partial charge >= 0.3 is 0 Å². The average molecular weight is 485 g/mol. The lowest BCUT2D eigenvalue weighted by Crippen LogP contribution is -2.39. The van der Waals surface area contributed by atoms with E-state index in [0.29, 0.717) is 36.9 Å². The smallest absolute Gasteiger partial charge is 0.227 e. The van der Waals surface area contributed by atoms with Crippen LogP contribution in [-0.2, 0) is 11.2 Å². The molecule has 1 heterocycles. The Kier molecular flexibility index (Phi) is 10.3. The maximum absolute atomic E-state index is 13.6. The maximum Gasteiger partial charge on any atom is 0.227 e. The van der Waals surface area contributed by atoms with Crippen LogP contribution in [0, 0.1) is 12.7 Å². The van der Waals surface area contributed by atoms with Gasteiger partial charge in [0.1, 0.15) is 11.6 Å². The highest BCUT2D eigenvalue weighted by atomic mass is 127. The number of carbonyl (C=O) groups is 1. The fraction of sp³-hybridized carbons (Fsp3) is 0.316. The van der Waals surface area contributed by atoms with E-state index in [0.717, 1.165) is 5.69 Å². The first-order chi connectivity index (χ1) is 12.6. The van der Waals surface area contributed by atoms with Gasteiger partial charge in [-0.2, -0.15) is 0 Å². The summed E-state index contributed by atoms with van der Waals surface area (Å²) in [4.78, 5) is 20.3. The van der Waals surface area contributed by atoms with Crippen molar-refractivity contribution in [2.45, 2.75) is 19.8 Å². The molecule has 0 aliphatic rings. The van der Waals surface area contributed by atoms with Crippen LogP contribution in [0.25, 0.3) is 0 Å². The average Bonchev–Trinajstić information content (AvgIpc) is 2.62. The van der Waals surface area contributed by atoms with E-state index in [1.165, 1.54) is 6.07 Å². The van der Waals surface area contributed by atoms with Gasteiger partial charge in [0.2, 0.25) is 5.91 Å². The number of guanidine groups is 1. The Hall–Kier alpha value is -2.23. The number of nitrogens with one attached hydrogen (secondary N) is 3. The number of benzene rings is 1. The molecule has 0 saturated carbocycles. The van der Waals surface area contributed by atoms with Crippen LogP contribution in [0.4, 0.5) is 10.2 Å². The molecule has 0 spiro atoms. The van der Waals surface area contributed by atoms with E-state index >= 15 is 0 Å². The van der Waals surface area contributed by atoms with Gasteiger partial charge in [0, 0.05) is 32.3 Å². The van der Waals surface area contributed by atoms with Crippen molar-refractivity contribution in [1.29, 1.82) is 0 Å². The Bertz CT molecular complexity index is 769. The third kappa shape index (κ3) is 8.33. The van der Waals surface area contributed by atoms with Crippen LogP contribution in [0.2, 0.25) is 0 Å². The van der Waals surface area contributed by atoms with Crippen molar-refractivity contribution in [3.05, 3.63) is 59.5 Å². The second kappa shape index (κ2) is 12.2. The molecular weight excluding hydrogens is 460 g/mol. The van der Waals surface area contributed by atoms with Gasteiger partial charge in [-0.05, 0) is 37.1 Å². The van der Waals surface area contributed by atoms with Gasteiger partial charge in [0.05, 0.1) is 0 Å². The van der Waals surface area contributed by atoms with Crippen LogP contribution >= 0.6 is 24.0 Å². The molecule has 27 heavy (non-hydrogen) atoms. The maximum atomic E-state index is 13.6. The number of carbonyl (C=O) groups excluding carboxylic acids is 1. The Morgan fingerprint density at radius 3 is 2.56 bits per heavy atom. The molecule has 0 unspecified atom stereocenters. The second-order valence-corrected chi connectivity index (χ2v) is 5.73. The van der Waals surface area contributed by atoms with Crippen LogP contribution in [-0.4, -0.2) is 37.0 Å². The predicted octanol–water partition coefficient (Wildman–Crippen LogP) is 2.88. The summed E-state index contributed by atoms with van der Waals surface area (Å²) in [5.74, 6) is 0.779. The summed E-state index contributed by atoms with van der Waals surface area (Å²) in [5, 5.41) is 8.92. The number of pyridine rings is 1. The van der Waals surface area contributed by atoms with E-state index in [1.54, 1.807) is 25.2 Å². The zero-order chi connectivity index (χ0) is 18.8. The largest absolute Gasteiger partial charge is 0.356 e. The van der Waals surface area contributed by atoms with Crippen molar-refractivity contribution < 1.29 is 9.18 Å². The molecule has 2 rings (SSSR count). The van der Waals surface area contributed by atoms with Gasteiger partial charge < -0.3 is 16.0 Å². The molecule has 8 heteroatoms. The van der Waals surface area contributed by atoms with Crippen LogP contribution in [0.1, 0.15) is 17.7 Å². The van der Waals surface area contributed by atoms with Gasteiger partial charge in [0.25, 0.3) is 0 Å². The number of amides is 1. The highest BCUT2D eigenvalue weighted by Gasteiger charge is 2.05. The lowest BCUT2D eigenvalue weighted by molar-refractivity contribution is -0.116. The minimum absolute atomic E-state index is 0. The van der Waals surface area contributed by atoms with Gasteiger partial charge in [-0.3, -0.25) is 9.79 Å². The van der Waals surface area contributed by atoms with E-state index in [4.69, 9.17) is 0 Å². The molecule has 0 radical (unpaired) electrons. The summed E-state index contributed by atoms with van der Waals surface area (Å²) in [6.45, 7) is 2.84. The molecule has 0 aliphatic carbocycles. The summed E-state index contributed by atoms with van der Waals surface area (Å²) in [6, 6.07) is 12.2. The first-order valence-electron chi connectivity index (χ1n) is 8.50. The van der Waals surface area contributed by atoms with Gasteiger partial charge in [-0.25, -0.2) is 9.37 Å². The second-order valence-electron chi connectivity index (χ2n) is 5.73. The van der Waals surface area contributed by atoms with E-state index in [-0.39, 0.29) is 42.1 Å². The standard InChI is InChI=1S/C19H24FN5O.HI/c1-14-6-5-9-17(24-14)25-18(26)11-13-23-19(21-2)22-12-10-15-7-3-4-8-16(15)20;/h3-9H,10-13H2,1-2H3,(H2,21,22,23)(H,24,25,26);1H. The van der Waals surface area contributed by atoms with E-state index in [9.17, 15) is 9.18 Å². The van der Waals surface area contributed by atoms with Crippen LogP contribution in [0.15, 0.2) is 47.5 Å². The molecule has 0 atom stereocenters. The zero-order valence-corrected chi connectivity index (χ0v) is 17.8. The van der Waals surface area contributed by atoms with Crippen molar-refractivity contribution in [2.24, 2.45) is 4.99 Å². The monoisotopic (exact) mass is 485 g/mol. The van der Waals surface area contributed by atoms with Crippen molar-refractivity contribution in [1.82, 2.24) is 15.6 Å². The fourth-order valence-corrected chi connectivity index (χ4v) is 2.35. The molecule has 0 saturated heterocycles. The molecule has 0 aliphatic heterocycles. The Balaban J connectivity index is 0.00000364. The van der Waals surface area contributed by atoms with Gasteiger partial charge in [-0.15, -0.1) is 24.0 Å². The summed E-state index contributed by atoms with van der Waals surface area (Å²) < 4.78 is 13.6. The molecule has 1 aromatic carbocycles. The third-order valence-corrected chi connectivity index (χ3v) is 3.67. The molecule has 1 amide bonds. The summed E-state index contributed by atoms with van der Waals surface area (Å²) in [7, 11) is 1.65. The van der Waals surface area contributed by atoms with E-state index in [1.807, 2.05) is 25.1 Å². The summed E-state index contributed by atoms with van der Waals surface area (Å²) in [5.41, 5.74) is 1.50. The predicted molar refractivity (Wildman–Crippen MR) is 117 cm³/mol. The lowest BCUT2D eigenvalue weighted by atomic mass is 10.1. The normalized spacial score (nSPS) is 10.7. The molecule has 0 fully saturated rings. The molecule has 0 bridgehead atoms. The molecule has 1 aromatic heterocycles.